The Bertz CT molecular complexity index is 833. The Balaban J connectivity index is 1.84. The molecule has 2 aromatic heterocycles. The second-order valence-corrected chi connectivity index (χ2v) is 4.98. The summed E-state index contributed by atoms with van der Waals surface area (Å²) in [5, 5.41) is 8.58. The van der Waals surface area contributed by atoms with Gasteiger partial charge in [-0.25, -0.2) is 4.98 Å². The van der Waals surface area contributed by atoms with Crippen LogP contribution in [0.2, 0.25) is 0 Å². The van der Waals surface area contributed by atoms with Crippen LogP contribution in [-0.2, 0) is 20.5 Å². The van der Waals surface area contributed by atoms with Crippen molar-refractivity contribution in [3.63, 3.8) is 0 Å². The Morgan fingerprint density at radius 2 is 2.05 bits per heavy atom. The van der Waals surface area contributed by atoms with Crippen LogP contribution in [0.15, 0.2) is 41.5 Å². The number of aryl methyl sites for hydroxylation is 2. The van der Waals surface area contributed by atoms with Gasteiger partial charge < -0.3 is 9.88 Å². The smallest absolute Gasteiger partial charge is 0.252 e. The third-order valence-electron chi connectivity index (χ3n) is 3.47. The Morgan fingerprint density at radius 3 is 2.81 bits per heavy atom. The first-order valence-electron chi connectivity index (χ1n) is 6.82. The molecule has 6 nitrogen and oxygen atoms in total. The number of para-hydroxylation sites is 1. The highest BCUT2D eigenvalue weighted by Gasteiger charge is 2.06. The molecule has 1 aromatic carbocycles. The average Bonchev–Trinajstić information content (AvgIpc) is 2.90. The van der Waals surface area contributed by atoms with Crippen molar-refractivity contribution >= 4 is 16.6 Å². The van der Waals surface area contributed by atoms with Crippen LogP contribution < -0.4 is 10.9 Å². The summed E-state index contributed by atoms with van der Waals surface area (Å²) in [7, 11) is 3.63. The van der Waals surface area contributed by atoms with Crippen molar-refractivity contribution in [2.75, 3.05) is 11.9 Å². The molecule has 0 saturated heterocycles. The number of fused-ring (bicyclic) bond motifs is 1. The molecule has 0 spiro atoms. The van der Waals surface area contributed by atoms with Crippen molar-refractivity contribution in [1.29, 1.82) is 0 Å². The van der Waals surface area contributed by atoms with Crippen LogP contribution >= 0.6 is 0 Å². The van der Waals surface area contributed by atoms with E-state index in [1.54, 1.807) is 28.7 Å². The van der Waals surface area contributed by atoms with Crippen molar-refractivity contribution in [2.45, 2.75) is 6.42 Å². The normalized spacial score (nSPS) is 11.0. The van der Waals surface area contributed by atoms with Crippen LogP contribution in [0.1, 0.15) is 5.82 Å². The minimum absolute atomic E-state index is 0.0211. The minimum Gasteiger partial charge on any atom is -0.384 e. The zero-order chi connectivity index (χ0) is 14.8. The molecular formula is C15H17N5O. The van der Waals surface area contributed by atoms with Gasteiger partial charge in [0.1, 0.15) is 6.33 Å². The van der Waals surface area contributed by atoms with Gasteiger partial charge in [-0.05, 0) is 6.07 Å². The number of anilines is 1. The van der Waals surface area contributed by atoms with Gasteiger partial charge in [0, 0.05) is 44.2 Å². The van der Waals surface area contributed by atoms with Gasteiger partial charge in [0.2, 0.25) is 0 Å². The maximum atomic E-state index is 12.0. The molecule has 3 rings (SSSR count). The lowest BCUT2D eigenvalue weighted by Crippen LogP contribution is -2.18. The first-order chi connectivity index (χ1) is 10.1. The Hall–Kier alpha value is -2.63. The quantitative estimate of drug-likeness (QED) is 0.784. The predicted octanol–water partition coefficient (Wildman–Crippen LogP) is 1.32. The predicted molar refractivity (Wildman–Crippen MR) is 82.4 cm³/mol. The fourth-order valence-corrected chi connectivity index (χ4v) is 2.36. The molecular weight excluding hydrogens is 266 g/mol. The number of aromatic nitrogens is 4. The van der Waals surface area contributed by atoms with E-state index in [0.29, 0.717) is 13.0 Å². The maximum Gasteiger partial charge on any atom is 0.252 e. The molecule has 21 heavy (non-hydrogen) atoms. The first-order valence-corrected chi connectivity index (χ1v) is 6.82. The van der Waals surface area contributed by atoms with Crippen LogP contribution in [0.3, 0.4) is 0 Å². The van der Waals surface area contributed by atoms with Gasteiger partial charge in [-0.3, -0.25) is 9.48 Å². The highest BCUT2D eigenvalue weighted by Crippen LogP contribution is 2.20. The van der Waals surface area contributed by atoms with E-state index < -0.39 is 0 Å². The van der Waals surface area contributed by atoms with Crippen LogP contribution in [0.4, 0.5) is 5.69 Å². The van der Waals surface area contributed by atoms with Crippen molar-refractivity contribution in [3.8, 4) is 0 Å². The lowest BCUT2D eigenvalue weighted by Gasteiger charge is -2.11. The van der Waals surface area contributed by atoms with Crippen molar-refractivity contribution in [2.24, 2.45) is 14.1 Å². The largest absolute Gasteiger partial charge is 0.384 e. The Kier molecular flexibility index (Phi) is 3.43. The van der Waals surface area contributed by atoms with Gasteiger partial charge in [0.25, 0.3) is 5.56 Å². The van der Waals surface area contributed by atoms with E-state index in [4.69, 9.17) is 0 Å². The summed E-state index contributed by atoms with van der Waals surface area (Å²) < 4.78 is 3.34. The lowest BCUT2D eigenvalue weighted by atomic mass is 10.1. The molecule has 0 amide bonds. The van der Waals surface area contributed by atoms with E-state index in [1.807, 2.05) is 31.3 Å². The average molecular weight is 283 g/mol. The van der Waals surface area contributed by atoms with Crippen molar-refractivity contribution in [1.82, 2.24) is 19.3 Å². The maximum absolute atomic E-state index is 12.0. The third-order valence-corrected chi connectivity index (χ3v) is 3.47. The molecule has 0 bridgehead atoms. The molecule has 1 N–H and O–H groups in total. The second kappa shape index (κ2) is 5.40. The van der Waals surface area contributed by atoms with E-state index >= 15 is 0 Å². The molecule has 0 saturated carbocycles. The van der Waals surface area contributed by atoms with E-state index in [9.17, 15) is 4.79 Å². The topological polar surface area (TPSA) is 64.7 Å². The van der Waals surface area contributed by atoms with Crippen molar-refractivity contribution < 1.29 is 0 Å². The van der Waals surface area contributed by atoms with Gasteiger partial charge in [0.15, 0.2) is 5.82 Å². The SMILES string of the molecule is Cn1cnc(CCNc2cc(=O)n(C)c3ccccc23)n1. The summed E-state index contributed by atoms with van der Waals surface area (Å²) >= 11 is 0. The van der Waals surface area contributed by atoms with Crippen molar-refractivity contribution in [3.05, 3.63) is 52.8 Å². The van der Waals surface area contributed by atoms with Crippen LogP contribution in [0.5, 0.6) is 0 Å². The number of hydrogen-bond acceptors (Lipinski definition) is 4. The fraction of sp³-hybridized carbons (Fsp3) is 0.267. The summed E-state index contributed by atoms with van der Waals surface area (Å²) in [4.78, 5) is 16.2. The Labute approximate surface area is 122 Å². The zero-order valence-electron chi connectivity index (χ0n) is 12.1. The zero-order valence-corrected chi connectivity index (χ0v) is 12.1. The number of benzene rings is 1. The molecule has 0 atom stereocenters. The van der Waals surface area contributed by atoms with Crippen LogP contribution in [-0.4, -0.2) is 25.9 Å². The number of nitrogens with one attached hydrogen (secondary N) is 1. The molecule has 0 aliphatic carbocycles. The summed E-state index contributed by atoms with van der Waals surface area (Å²) in [6.07, 6.45) is 2.40. The van der Waals surface area contributed by atoms with Gasteiger partial charge in [0.05, 0.1) is 5.52 Å². The number of nitrogens with zero attached hydrogens (tertiary/aromatic N) is 4. The molecule has 2 heterocycles. The standard InChI is InChI=1S/C15H17N5O/c1-19-10-17-14(18-19)7-8-16-12-9-15(21)20(2)13-6-4-3-5-11(12)13/h3-6,9-10,16H,7-8H2,1-2H3. The third kappa shape index (κ3) is 2.65. The minimum atomic E-state index is -0.0211. The number of hydrogen-bond donors (Lipinski definition) is 1. The van der Waals surface area contributed by atoms with Gasteiger partial charge in [-0.2, -0.15) is 5.10 Å². The second-order valence-electron chi connectivity index (χ2n) is 4.98. The molecule has 0 aliphatic heterocycles. The number of rotatable bonds is 4. The fourth-order valence-electron chi connectivity index (χ4n) is 2.36. The molecule has 3 aromatic rings. The molecule has 108 valence electrons. The van der Waals surface area contributed by atoms with Gasteiger partial charge in [-0.1, -0.05) is 18.2 Å². The molecule has 0 fully saturated rings. The number of pyridine rings is 1. The van der Waals surface area contributed by atoms with E-state index in [0.717, 1.165) is 22.4 Å². The summed E-state index contributed by atoms with van der Waals surface area (Å²) in [5.41, 5.74) is 1.75. The van der Waals surface area contributed by atoms with Gasteiger partial charge in [-0.15, -0.1) is 0 Å². The van der Waals surface area contributed by atoms with Crippen LogP contribution in [0, 0.1) is 0 Å². The van der Waals surface area contributed by atoms with Gasteiger partial charge >= 0.3 is 0 Å². The molecule has 0 aliphatic rings. The monoisotopic (exact) mass is 283 g/mol. The van der Waals surface area contributed by atoms with E-state index in [-0.39, 0.29) is 5.56 Å². The molecule has 6 heteroatoms. The van der Waals surface area contributed by atoms with E-state index in [1.165, 1.54) is 0 Å². The summed E-state index contributed by atoms with van der Waals surface area (Å²) in [5.74, 6) is 0.790. The first kappa shape index (κ1) is 13.4. The lowest BCUT2D eigenvalue weighted by molar-refractivity contribution is 0.742. The van der Waals surface area contributed by atoms with E-state index in [2.05, 4.69) is 15.4 Å². The molecule has 0 unspecified atom stereocenters. The Morgan fingerprint density at radius 1 is 1.24 bits per heavy atom. The molecule has 0 radical (unpaired) electrons. The summed E-state index contributed by atoms with van der Waals surface area (Å²) in [6, 6.07) is 9.49. The van der Waals surface area contributed by atoms with Crippen LogP contribution in [0.25, 0.3) is 10.9 Å². The highest BCUT2D eigenvalue weighted by atomic mass is 16.1. The summed E-state index contributed by atoms with van der Waals surface area (Å²) in [6.45, 7) is 0.682. The highest BCUT2D eigenvalue weighted by molar-refractivity contribution is 5.91.